The molecule has 6 heteroatoms. The molecule has 2 aromatic rings. The molecule has 0 radical (unpaired) electrons. The lowest BCUT2D eigenvalue weighted by Crippen LogP contribution is -2.02. The summed E-state index contributed by atoms with van der Waals surface area (Å²) < 4.78 is 11.0. The zero-order valence-electron chi connectivity index (χ0n) is 11.3. The highest BCUT2D eigenvalue weighted by atomic mass is 35.5. The van der Waals surface area contributed by atoms with Gasteiger partial charge < -0.3 is 15.2 Å². The Bertz CT molecular complexity index is 647. The summed E-state index contributed by atoms with van der Waals surface area (Å²) >= 11 is 17.9. The van der Waals surface area contributed by atoms with E-state index < -0.39 is 0 Å². The summed E-state index contributed by atoms with van der Waals surface area (Å²) in [4.78, 5) is 0. The molecule has 0 aliphatic carbocycles. The molecule has 0 unspecified atom stereocenters. The third kappa shape index (κ3) is 3.95. The molecule has 0 heterocycles. The summed E-state index contributed by atoms with van der Waals surface area (Å²) in [5.41, 5.74) is 7.51. The van der Waals surface area contributed by atoms with Crippen LogP contribution in [0.2, 0.25) is 15.1 Å². The van der Waals surface area contributed by atoms with Crippen LogP contribution in [0.15, 0.2) is 30.3 Å². The largest absolute Gasteiger partial charge is 0.496 e. The lowest BCUT2D eigenvalue weighted by atomic mass is 10.1. The number of halogens is 3. The molecule has 2 rings (SSSR count). The zero-order valence-corrected chi connectivity index (χ0v) is 13.6. The number of benzene rings is 2. The second-order valence-corrected chi connectivity index (χ2v) is 5.56. The van der Waals surface area contributed by atoms with Crippen molar-refractivity contribution in [3.05, 3.63) is 56.5 Å². The molecule has 0 amide bonds. The zero-order chi connectivity index (χ0) is 15.4. The Labute approximate surface area is 138 Å². The summed E-state index contributed by atoms with van der Waals surface area (Å²) in [6, 6.07) is 8.87. The second-order valence-electron chi connectivity index (χ2n) is 4.34. The van der Waals surface area contributed by atoms with Gasteiger partial charge in [-0.15, -0.1) is 0 Å². The van der Waals surface area contributed by atoms with Gasteiger partial charge in [-0.25, -0.2) is 0 Å². The minimum absolute atomic E-state index is 0.332. The summed E-state index contributed by atoms with van der Waals surface area (Å²) in [5.74, 6) is 1.21. The molecule has 0 aromatic heterocycles. The minimum atomic E-state index is 0.332. The molecule has 0 spiro atoms. The number of methoxy groups -OCH3 is 1. The smallest absolute Gasteiger partial charge is 0.139 e. The standard InChI is InChI=1S/C15H14Cl3NO2/c1-20-14-4-9(2-3-10(14)7-19)8-21-15-6-12(17)11(16)5-13(15)18/h2-6H,7-8,19H2,1H3. The Morgan fingerprint density at radius 1 is 0.952 bits per heavy atom. The van der Waals surface area contributed by atoms with Crippen molar-refractivity contribution in [1.82, 2.24) is 0 Å². The maximum absolute atomic E-state index is 6.06. The van der Waals surface area contributed by atoms with Crippen molar-refractivity contribution in [2.24, 2.45) is 5.73 Å². The molecule has 0 saturated carbocycles. The van der Waals surface area contributed by atoms with Gasteiger partial charge in [0.25, 0.3) is 0 Å². The molecule has 21 heavy (non-hydrogen) atoms. The average molecular weight is 347 g/mol. The lowest BCUT2D eigenvalue weighted by molar-refractivity contribution is 0.305. The first kappa shape index (κ1) is 16.2. The minimum Gasteiger partial charge on any atom is -0.496 e. The van der Waals surface area contributed by atoms with Gasteiger partial charge in [0.2, 0.25) is 0 Å². The van der Waals surface area contributed by atoms with Crippen molar-refractivity contribution in [1.29, 1.82) is 0 Å². The Hall–Kier alpha value is -1.13. The average Bonchev–Trinajstić information content (AvgIpc) is 2.49. The molecule has 2 N–H and O–H groups in total. The summed E-state index contributed by atoms with van der Waals surface area (Å²) in [5, 5.41) is 1.20. The fourth-order valence-electron chi connectivity index (χ4n) is 1.82. The first-order valence-corrected chi connectivity index (χ1v) is 7.31. The van der Waals surface area contributed by atoms with Gasteiger partial charge in [0.15, 0.2) is 0 Å². The van der Waals surface area contributed by atoms with Crippen LogP contribution in [0.1, 0.15) is 11.1 Å². The van der Waals surface area contributed by atoms with Gasteiger partial charge in [0, 0.05) is 18.2 Å². The first-order valence-electron chi connectivity index (χ1n) is 6.18. The van der Waals surface area contributed by atoms with Gasteiger partial charge in [-0.05, 0) is 17.7 Å². The third-order valence-electron chi connectivity index (χ3n) is 2.94. The van der Waals surface area contributed by atoms with Crippen molar-refractivity contribution in [3.8, 4) is 11.5 Å². The van der Waals surface area contributed by atoms with E-state index in [-0.39, 0.29) is 0 Å². The molecule has 0 fully saturated rings. The normalized spacial score (nSPS) is 10.5. The van der Waals surface area contributed by atoms with Gasteiger partial charge in [0.05, 0.1) is 22.2 Å². The highest BCUT2D eigenvalue weighted by molar-refractivity contribution is 6.43. The van der Waals surface area contributed by atoms with Gasteiger partial charge >= 0.3 is 0 Å². The fraction of sp³-hybridized carbons (Fsp3) is 0.200. The van der Waals surface area contributed by atoms with E-state index in [4.69, 9.17) is 50.0 Å². The quantitative estimate of drug-likeness (QED) is 0.799. The monoisotopic (exact) mass is 345 g/mol. The summed E-state index contributed by atoms with van der Waals surface area (Å²) in [7, 11) is 1.61. The maximum Gasteiger partial charge on any atom is 0.139 e. The molecule has 0 bridgehead atoms. The SMILES string of the molecule is COc1cc(COc2cc(Cl)c(Cl)cc2Cl)ccc1CN. The van der Waals surface area contributed by atoms with Crippen molar-refractivity contribution in [3.63, 3.8) is 0 Å². The first-order chi connectivity index (χ1) is 10.0. The highest BCUT2D eigenvalue weighted by Gasteiger charge is 2.08. The van der Waals surface area contributed by atoms with Gasteiger partial charge in [-0.3, -0.25) is 0 Å². The summed E-state index contributed by atoms with van der Waals surface area (Å²) in [6.07, 6.45) is 0. The number of hydrogen-bond acceptors (Lipinski definition) is 3. The Morgan fingerprint density at radius 2 is 1.67 bits per heavy atom. The third-order valence-corrected chi connectivity index (χ3v) is 3.96. The number of nitrogens with two attached hydrogens (primary N) is 1. The molecule has 0 aliphatic rings. The van der Waals surface area contributed by atoms with Crippen LogP contribution in [0.5, 0.6) is 11.5 Å². The van der Waals surface area contributed by atoms with E-state index in [1.807, 2.05) is 18.2 Å². The second kappa shape index (κ2) is 7.23. The predicted molar refractivity (Wildman–Crippen MR) is 86.7 cm³/mol. The van der Waals surface area contributed by atoms with E-state index in [1.165, 1.54) is 0 Å². The van der Waals surface area contributed by atoms with E-state index in [0.29, 0.717) is 34.0 Å². The van der Waals surface area contributed by atoms with Gasteiger partial charge in [-0.1, -0.05) is 46.9 Å². The number of hydrogen-bond donors (Lipinski definition) is 1. The molecule has 0 saturated heterocycles. The predicted octanol–water partition coefficient (Wildman–Crippen LogP) is 4.69. The van der Waals surface area contributed by atoms with Gasteiger partial charge in [0.1, 0.15) is 18.1 Å². The topological polar surface area (TPSA) is 44.5 Å². The summed E-state index contributed by atoms with van der Waals surface area (Å²) in [6.45, 7) is 0.752. The fourth-order valence-corrected chi connectivity index (χ4v) is 2.41. The van der Waals surface area contributed by atoms with Crippen LogP contribution in [0.4, 0.5) is 0 Å². The van der Waals surface area contributed by atoms with Crippen molar-refractivity contribution in [2.45, 2.75) is 13.2 Å². The van der Waals surface area contributed by atoms with E-state index in [1.54, 1.807) is 19.2 Å². The number of ether oxygens (including phenoxy) is 2. The van der Waals surface area contributed by atoms with Crippen LogP contribution in [0.3, 0.4) is 0 Å². The van der Waals surface area contributed by atoms with Crippen LogP contribution in [-0.2, 0) is 13.2 Å². The Balaban J connectivity index is 2.15. The molecule has 0 aliphatic heterocycles. The van der Waals surface area contributed by atoms with Crippen LogP contribution in [0, 0.1) is 0 Å². The molecular formula is C15H14Cl3NO2. The Kier molecular flexibility index (Phi) is 5.59. The van der Waals surface area contributed by atoms with Gasteiger partial charge in [-0.2, -0.15) is 0 Å². The van der Waals surface area contributed by atoms with Crippen molar-refractivity contribution in [2.75, 3.05) is 7.11 Å². The molecule has 0 atom stereocenters. The highest BCUT2D eigenvalue weighted by Crippen LogP contribution is 2.34. The van der Waals surface area contributed by atoms with Crippen LogP contribution >= 0.6 is 34.8 Å². The number of rotatable bonds is 5. The molecule has 112 valence electrons. The van der Waals surface area contributed by atoms with E-state index in [0.717, 1.165) is 16.9 Å². The molecule has 2 aromatic carbocycles. The molecule has 3 nitrogen and oxygen atoms in total. The Morgan fingerprint density at radius 3 is 2.33 bits per heavy atom. The lowest BCUT2D eigenvalue weighted by Gasteiger charge is -2.12. The van der Waals surface area contributed by atoms with Crippen LogP contribution in [0.25, 0.3) is 0 Å². The van der Waals surface area contributed by atoms with Crippen LogP contribution < -0.4 is 15.2 Å². The maximum atomic E-state index is 6.06. The van der Waals surface area contributed by atoms with Crippen molar-refractivity contribution < 1.29 is 9.47 Å². The van der Waals surface area contributed by atoms with Crippen molar-refractivity contribution >= 4 is 34.8 Å². The molecular weight excluding hydrogens is 333 g/mol. The van der Waals surface area contributed by atoms with E-state index in [2.05, 4.69) is 0 Å². The van der Waals surface area contributed by atoms with E-state index >= 15 is 0 Å². The van der Waals surface area contributed by atoms with E-state index in [9.17, 15) is 0 Å². The van der Waals surface area contributed by atoms with Crippen LogP contribution in [-0.4, -0.2) is 7.11 Å².